The molecule has 2 atom stereocenters. The van der Waals surface area contributed by atoms with E-state index in [1.165, 1.54) is 18.4 Å². The summed E-state index contributed by atoms with van der Waals surface area (Å²) < 4.78 is 0. The van der Waals surface area contributed by atoms with Crippen molar-refractivity contribution < 1.29 is 5.11 Å². The average Bonchev–Trinajstić information content (AvgIpc) is 3.11. The van der Waals surface area contributed by atoms with Crippen LogP contribution in [-0.2, 0) is 0 Å². The number of rotatable bonds is 2. The first-order chi connectivity index (χ1) is 10.6. The molecule has 3 N–H and O–H groups in total. The maximum Gasteiger partial charge on any atom is 0.137 e. The zero-order chi connectivity index (χ0) is 15.3. The van der Waals surface area contributed by atoms with E-state index in [1.54, 1.807) is 0 Å². The van der Waals surface area contributed by atoms with E-state index in [0.29, 0.717) is 18.4 Å². The maximum atomic E-state index is 9.39. The van der Waals surface area contributed by atoms with Crippen LogP contribution in [0.1, 0.15) is 44.2 Å². The Morgan fingerprint density at radius 1 is 1.36 bits per heavy atom. The summed E-state index contributed by atoms with van der Waals surface area (Å²) in [6, 6.07) is 2.43. The number of nitrogens with zero attached hydrogens (tertiary/aromatic N) is 3. The highest BCUT2D eigenvalue weighted by atomic mass is 16.3. The first kappa shape index (κ1) is 14.2. The van der Waals surface area contributed by atoms with E-state index in [9.17, 15) is 5.11 Å². The van der Waals surface area contributed by atoms with Crippen LogP contribution in [0.15, 0.2) is 17.3 Å². The summed E-state index contributed by atoms with van der Waals surface area (Å²) in [5.74, 6) is 2.07. The third-order valence-electron chi connectivity index (χ3n) is 5.89. The first-order valence-electron chi connectivity index (χ1n) is 8.25. The van der Waals surface area contributed by atoms with Crippen LogP contribution in [0.5, 0.6) is 0 Å². The summed E-state index contributed by atoms with van der Waals surface area (Å²) in [5, 5.41) is 13.7. The molecule has 0 radical (unpaired) electrons. The van der Waals surface area contributed by atoms with E-state index in [0.717, 1.165) is 18.7 Å². The number of hydrazine groups is 2. The van der Waals surface area contributed by atoms with Crippen molar-refractivity contribution in [2.45, 2.75) is 44.2 Å². The predicted molar refractivity (Wildman–Crippen MR) is 85.4 cm³/mol. The van der Waals surface area contributed by atoms with Crippen LogP contribution in [-0.4, -0.2) is 45.7 Å². The van der Waals surface area contributed by atoms with E-state index in [4.69, 9.17) is 0 Å². The minimum atomic E-state index is -0.0153. The molecular weight excluding hydrogens is 278 g/mol. The Hall–Kier alpha value is -1.37. The molecule has 4 rings (SSSR count). The second-order valence-electron chi connectivity index (χ2n) is 7.13. The molecule has 3 aliphatic rings. The summed E-state index contributed by atoms with van der Waals surface area (Å²) >= 11 is 0. The summed E-state index contributed by atoms with van der Waals surface area (Å²) in [6.45, 7) is 2.68. The van der Waals surface area contributed by atoms with E-state index >= 15 is 0 Å². The minimum absolute atomic E-state index is 0.0153. The first-order valence-corrected chi connectivity index (χ1v) is 8.25. The SMILES string of the molecule is CN1NC(C)(C2CCC(CO)CC2)C2c3cc[nH]c3N=CN21. The van der Waals surface area contributed by atoms with Gasteiger partial charge in [-0.25, -0.2) is 10.4 Å². The van der Waals surface area contributed by atoms with Gasteiger partial charge < -0.3 is 10.1 Å². The molecule has 0 bridgehead atoms. The van der Waals surface area contributed by atoms with Crippen molar-refractivity contribution in [1.82, 2.24) is 20.5 Å². The number of H-pyrrole nitrogens is 1. The molecule has 1 aliphatic carbocycles. The summed E-state index contributed by atoms with van der Waals surface area (Å²) in [5.41, 5.74) is 4.95. The Morgan fingerprint density at radius 3 is 2.86 bits per heavy atom. The van der Waals surface area contributed by atoms with E-state index < -0.39 is 0 Å². The normalized spacial score (nSPS) is 38.1. The smallest absolute Gasteiger partial charge is 0.137 e. The lowest BCUT2D eigenvalue weighted by molar-refractivity contribution is 0.0681. The fourth-order valence-corrected chi connectivity index (χ4v) is 4.61. The van der Waals surface area contributed by atoms with Gasteiger partial charge in [-0.05, 0) is 50.5 Å². The van der Waals surface area contributed by atoms with Crippen LogP contribution in [0, 0.1) is 11.8 Å². The predicted octanol–water partition coefficient (Wildman–Crippen LogP) is 1.95. The number of aliphatic imine (C=N–C) groups is 1. The van der Waals surface area contributed by atoms with Crippen LogP contribution in [0.25, 0.3) is 0 Å². The number of nitrogens with one attached hydrogen (secondary N) is 2. The molecule has 6 heteroatoms. The van der Waals surface area contributed by atoms with Gasteiger partial charge in [0.25, 0.3) is 0 Å². The Kier molecular flexibility index (Phi) is 3.29. The van der Waals surface area contributed by atoms with Crippen molar-refractivity contribution in [3.63, 3.8) is 0 Å². The fraction of sp³-hybridized carbons (Fsp3) is 0.688. The summed E-state index contributed by atoms with van der Waals surface area (Å²) in [7, 11) is 2.06. The van der Waals surface area contributed by atoms with Gasteiger partial charge in [0, 0.05) is 25.4 Å². The van der Waals surface area contributed by atoms with Crippen molar-refractivity contribution >= 4 is 12.2 Å². The van der Waals surface area contributed by atoms with Crippen LogP contribution in [0.2, 0.25) is 0 Å². The maximum absolute atomic E-state index is 9.39. The third-order valence-corrected chi connectivity index (χ3v) is 5.89. The van der Waals surface area contributed by atoms with Gasteiger partial charge in [0.1, 0.15) is 12.2 Å². The Morgan fingerprint density at radius 2 is 2.14 bits per heavy atom. The monoisotopic (exact) mass is 303 g/mol. The van der Waals surface area contributed by atoms with Crippen molar-refractivity contribution in [2.24, 2.45) is 16.8 Å². The molecule has 0 spiro atoms. The van der Waals surface area contributed by atoms with Gasteiger partial charge in [0.15, 0.2) is 0 Å². The second-order valence-corrected chi connectivity index (χ2v) is 7.13. The third kappa shape index (κ3) is 1.94. The zero-order valence-corrected chi connectivity index (χ0v) is 13.3. The van der Waals surface area contributed by atoms with Crippen molar-refractivity contribution in [2.75, 3.05) is 13.7 Å². The van der Waals surface area contributed by atoms with Crippen LogP contribution in [0.4, 0.5) is 5.82 Å². The Balaban J connectivity index is 1.65. The molecule has 2 unspecified atom stereocenters. The molecule has 0 amide bonds. The molecule has 0 aromatic carbocycles. The molecule has 1 saturated heterocycles. The Labute approximate surface area is 131 Å². The molecule has 2 aliphatic heterocycles. The van der Waals surface area contributed by atoms with Gasteiger partial charge in [-0.2, -0.15) is 5.12 Å². The molecule has 6 nitrogen and oxygen atoms in total. The number of fused-ring (bicyclic) bond motifs is 3. The van der Waals surface area contributed by atoms with Crippen LogP contribution >= 0.6 is 0 Å². The number of hydrogen-bond acceptors (Lipinski definition) is 5. The van der Waals surface area contributed by atoms with Gasteiger partial charge in [-0.15, -0.1) is 0 Å². The highest BCUT2D eigenvalue weighted by Crippen LogP contribution is 2.49. The highest BCUT2D eigenvalue weighted by Gasteiger charge is 2.53. The number of aliphatic hydroxyl groups excluding tert-OH is 1. The molecule has 2 fully saturated rings. The summed E-state index contributed by atoms with van der Waals surface area (Å²) in [6.07, 6.45) is 8.49. The van der Waals surface area contributed by atoms with Crippen molar-refractivity contribution in [3.8, 4) is 0 Å². The minimum Gasteiger partial charge on any atom is -0.396 e. The lowest BCUT2D eigenvalue weighted by Gasteiger charge is -2.42. The van der Waals surface area contributed by atoms with Crippen LogP contribution < -0.4 is 5.43 Å². The number of hydrogen-bond donors (Lipinski definition) is 3. The molecule has 1 aromatic rings. The summed E-state index contributed by atoms with van der Waals surface area (Å²) in [4.78, 5) is 7.75. The molecule has 3 heterocycles. The molecule has 1 saturated carbocycles. The lowest BCUT2D eigenvalue weighted by Crippen LogP contribution is -2.51. The van der Waals surface area contributed by atoms with Gasteiger partial charge in [0.05, 0.1) is 11.6 Å². The number of aliphatic hydroxyl groups is 1. The Bertz CT molecular complexity index is 577. The number of aromatic nitrogens is 1. The lowest BCUT2D eigenvalue weighted by atomic mass is 9.69. The van der Waals surface area contributed by atoms with Gasteiger partial charge in [0.2, 0.25) is 0 Å². The fourth-order valence-electron chi connectivity index (χ4n) is 4.61. The van der Waals surface area contributed by atoms with Crippen LogP contribution in [0.3, 0.4) is 0 Å². The quantitative estimate of drug-likeness (QED) is 0.781. The van der Waals surface area contributed by atoms with Gasteiger partial charge in [-0.1, -0.05) is 0 Å². The molecule has 22 heavy (non-hydrogen) atoms. The van der Waals surface area contributed by atoms with Crippen molar-refractivity contribution in [3.05, 3.63) is 17.8 Å². The van der Waals surface area contributed by atoms with E-state index in [2.05, 4.69) is 45.6 Å². The largest absolute Gasteiger partial charge is 0.396 e. The second kappa shape index (κ2) is 5.08. The van der Waals surface area contributed by atoms with Crippen molar-refractivity contribution in [1.29, 1.82) is 0 Å². The highest BCUT2D eigenvalue weighted by molar-refractivity contribution is 5.67. The topological polar surface area (TPSA) is 66.9 Å². The average molecular weight is 303 g/mol. The molecule has 1 aromatic heterocycles. The standard InChI is InChI=1S/C16H25N5O/c1-16(12-5-3-11(9-22)4-6-12)14-13-7-8-17-15(13)18-10-21(14)20(2)19-16/h7-8,10-12,14,17,19,22H,3-6,9H2,1-2H3. The van der Waals surface area contributed by atoms with E-state index in [-0.39, 0.29) is 11.6 Å². The van der Waals surface area contributed by atoms with Gasteiger partial charge in [-0.3, -0.25) is 5.01 Å². The number of aromatic amines is 1. The molecule has 120 valence electrons. The molecular formula is C16H25N5O. The van der Waals surface area contributed by atoms with E-state index in [1.807, 2.05) is 12.5 Å². The van der Waals surface area contributed by atoms with Gasteiger partial charge >= 0.3 is 0 Å². The zero-order valence-electron chi connectivity index (χ0n) is 13.3.